The first-order chi connectivity index (χ1) is 19.0. The number of aliphatic hydroxyl groups excluding tert-OH is 5. The van der Waals surface area contributed by atoms with Crippen molar-refractivity contribution >= 4 is 0 Å². The van der Waals surface area contributed by atoms with Crippen LogP contribution in [0.2, 0.25) is 0 Å². The van der Waals surface area contributed by atoms with E-state index in [2.05, 4.69) is 79.7 Å². The molecule has 234 valence electrons. The van der Waals surface area contributed by atoms with Crippen molar-refractivity contribution in [2.45, 2.75) is 125 Å². The molecule has 3 saturated carbocycles. The molecule has 5 N–H and O–H groups in total. The van der Waals surface area contributed by atoms with Gasteiger partial charge in [0.15, 0.2) is 0 Å². The maximum Gasteiger partial charge on any atom is 0.110 e. The Morgan fingerprint density at radius 2 is 1.34 bits per heavy atom. The summed E-state index contributed by atoms with van der Waals surface area (Å²) in [5.41, 5.74) is 1.08. The molecule has 0 saturated heterocycles. The summed E-state index contributed by atoms with van der Waals surface area (Å²) in [6.07, 6.45) is 12.7. The fourth-order valence-corrected chi connectivity index (χ4v) is 11.9. The molecule has 0 aromatic heterocycles. The Bertz CT molecular complexity index is 1040. The van der Waals surface area contributed by atoms with Crippen LogP contribution in [0.25, 0.3) is 0 Å². The molecule has 5 rings (SSSR count). The molecule has 11 unspecified atom stereocenters. The number of hydrogen-bond donors (Lipinski definition) is 5. The van der Waals surface area contributed by atoms with Crippen LogP contribution < -0.4 is 0 Å². The molecular formula is C36H60O5. The second kappa shape index (κ2) is 10.4. The molecule has 5 heteroatoms. The molecule has 41 heavy (non-hydrogen) atoms. The van der Waals surface area contributed by atoms with Crippen LogP contribution >= 0.6 is 0 Å². The summed E-state index contributed by atoms with van der Waals surface area (Å²) in [4.78, 5) is 0. The lowest BCUT2D eigenvalue weighted by Crippen LogP contribution is -2.63. The van der Waals surface area contributed by atoms with Crippen molar-refractivity contribution in [3.63, 3.8) is 0 Å². The van der Waals surface area contributed by atoms with Gasteiger partial charge in [-0.2, -0.15) is 0 Å². The first-order valence-corrected chi connectivity index (χ1v) is 16.7. The summed E-state index contributed by atoms with van der Waals surface area (Å²) in [7, 11) is 0. The minimum atomic E-state index is -1.56. The lowest BCUT2D eigenvalue weighted by Gasteiger charge is -2.69. The van der Waals surface area contributed by atoms with Gasteiger partial charge < -0.3 is 25.5 Å². The molecular weight excluding hydrogens is 512 g/mol. The van der Waals surface area contributed by atoms with E-state index in [1.807, 2.05) is 0 Å². The maximum atomic E-state index is 10.8. The van der Waals surface area contributed by atoms with Gasteiger partial charge in [-0.25, -0.2) is 0 Å². The number of aliphatic hydroxyl groups is 5. The summed E-state index contributed by atoms with van der Waals surface area (Å²) in [6, 6.07) is 0. The first kappa shape index (κ1) is 31.7. The third-order valence-corrected chi connectivity index (χ3v) is 15.0. The van der Waals surface area contributed by atoms with Gasteiger partial charge in [0.25, 0.3) is 0 Å². The molecule has 0 heterocycles. The van der Waals surface area contributed by atoms with Gasteiger partial charge in [0, 0.05) is 0 Å². The van der Waals surface area contributed by atoms with Gasteiger partial charge in [-0.1, -0.05) is 79.7 Å². The highest BCUT2D eigenvalue weighted by atomic mass is 16.4. The molecule has 5 nitrogen and oxygen atoms in total. The van der Waals surface area contributed by atoms with Crippen LogP contribution in [0.4, 0.5) is 0 Å². The van der Waals surface area contributed by atoms with E-state index in [0.717, 1.165) is 12.3 Å². The van der Waals surface area contributed by atoms with Crippen molar-refractivity contribution in [3.05, 3.63) is 24.3 Å². The van der Waals surface area contributed by atoms with Crippen molar-refractivity contribution < 1.29 is 25.5 Å². The Balaban J connectivity index is 1.39. The fourth-order valence-electron chi connectivity index (χ4n) is 11.9. The summed E-state index contributed by atoms with van der Waals surface area (Å²) >= 11 is 0. The highest BCUT2D eigenvalue weighted by Crippen LogP contribution is 2.75. The Labute approximate surface area is 249 Å². The predicted molar refractivity (Wildman–Crippen MR) is 164 cm³/mol. The number of hydrogen-bond acceptors (Lipinski definition) is 5. The Morgan fingerprint density at radius 3 is 2.00 bits per heavy atom. The largest absolute Gasteiger partial charge is 0.394 e. The Morgan fingerprint density at radius 1 is 0.732 bits per heavy atom. The first-order valence-electron chi connectivity index (χ1n) is 16.7. The fraction of sp³-hybridized carbons (Fsp3) is 0.889. The summed E-state index contributed by atoms with van der Waals surface area (Å²) in [5, 5.41) is 50.3. The summed E-state index contributed by atoms with van der Waals surface area (Å²) in [6.45, 7) is 19.3. The van der Waals surface area contributed by atoms with Gasteiger partial charge in [0.05, 0.1) is 12.7 Å². The van der Waals surface area contributed by atoms with Crippen LogP contribution in [0.15, 0.2) is 24.3 Å². The smallest absolute Gasteiger partial charge is 0.110 e. The quantitative estimate of drug-likeness (QED) is 0.251. The monoisotopic (exact) mass is 572 g/mol. The van der Waals surface area contributed by atoms with Gasteiger partial charge in [0.1, 0.15) is 18.3 Å². The molecule has 5 aliphatic rings. The molecule has 0 bridgehead atoms. The Kier molecular flexibility index (Phi) is 8.07. The highest BCUT2D eigenvalue weighted by Gasteiger charge is 2.68. The predicted octanol–water partition coefficient (Wildman–Crippen LogP) is 5.74. The zero-order valence-electron chi connectivity index (χ0n) is 27.1. The average Bonchev–Trinajstić information content (AvgIpc) is 3.27. The SMILES string of the molecule is CC(CC(O)C(O)C(O)C(O)CO)C1CC[C@@]2(C)C1CC[C@]1(C)C2C=CC2[C@@]3(C)CCC(C)C(C)(C)C3C=C[C@]21C. The van der Waals surface area contributed by atoms with Crippen molar-refractivity contribution in [1.82, 2.24) is 0 Å². The second-order valence-corrected chi connectivity index (χ2v) is 17.0. The minimum absolute atomic E-state index is 0.121. The minimum Gasteiger partial charge on any atom is -0.394 e. The van der Waals surface area contributed by atoms with Gasteiger partial charge in [0.2, 0.25) is 0 Å². The van der Waals surface area contributed by atoms with E-state index in [4.69, 9.17) is 5.11 Å². The zero-order valence-corrected chi connectivity index (χ0v) is 27.1. The zero-order chi connectivity index (χ0) is 30.3. The highest BCUT2D eigenvalue weighted by molar-refractivity contribution is 5.33. The van der Waals surface area contributed by atoms with Crippen molar-refractivity contribution in [3.8, 4) is 0 Å². The Hall–Kier alpha value is -0.720. The summed E-state index contributed by atoms with van der Waals surface area (Å²) < 4.78 is 0. The molecule has 5 aliphatic carbocycles. The number of fused-ring (bicyclic) bond motifs is 7. The normalized spacial score (nSPS) is 50.1. The third-order valence-electron chi connectivity index (χ3n) is 15.0. The van der Waals surface area contributed by atoms with E-state index < -0.39 is 31.0 Å². The standard InChI is InChI=1S/C36H60O5/c1-21(19-25(38)30(40)31(41)26(39)20-37)23-12-16-33(5)24(23)13-17-35(7)28(33)9-10-29-34(6)15-11-22(2)32(3,4)27(34)14-18-36(29,35)8/h9-10,14,18,21-31,37-41H,11-13,15-17,19-20H2,1-8H3/t21?,22?,23?,24?,25?,26?,27?,28?,29?,30?,31?,33-,34-,35+,36+/m0/s1. The molecule has 15 atom stereocenters. The van der Waals surface area contributed by atoms with Crippen molar-refractivity contribution in [1.29, 1.82) is 0 Å². The van der Waals surface area contributed by atoms with Gasteiger partial charge in [-0.05, 0) is 113 Å². The van der Waals surface area contributed by atoms with E-state index in [1.165, 1.54) is 32.1 Å². The molecule has 0 aliphatic heterocycles. The molecule has 0 aromatic rings. The van der Waals surface area contributed by atoms with Crippen LogP contribution in [0.1, 0.15) is 100 Å². The number of allylic oxidation sites excluding steroid dienone is 4. The second-order valence-electron chi connectivity index (χ2n) is 17.0. The van der Waals surface area contributed by atoms with E-state index in [0.29, 0.717) is 41.4 Å². The van der Waals surface area contributed by atoms with Crippen LogP contribution in [0.5, 0.6) is 0 Å². The van der Waals surface area contributed by atoms with Crippen molar-refractivity contribution in [2.24, 2.45) is 68.5 Å². The third kappa shape index (κ3) is 4.41. The van der Waals surface area contributed by atoms with Gasteiger partial charge in [-0.15, -0.1) is 0 Å². The average molecular weight is 573 g/mol. The lowest BCUT2D eigenvalue weighted by atomic mass is 9.34. The van der Waals surface area contributed by atoms with E-state index in [1.54, 1.807) is 0 Å². The molecule has 0 radical (unpaired) electrons. The maximum absolute atomic E-state index is 10.8. The van der Waals surface area contributed by atoms with Crippen molar-refractivity contribution in [2.75, 3.05) is 6.61 Å². The van der Waals surface area contributed by atoms with Crippen LogP contribution in [0.3, 0.4) is 0 Å². The lowest BCUT2D eigenvalue weighted by molar-refractivity contribution is -0.156. The van der Waals surface area contributed by atoms with E-state index in [-0.39, 0.29) is 27.6 Å². The van der Waals surface area contributed by atoms with Crippen LogP contribution in [0, 0.1) is 68.5 Å². The summed E-state index contributed by atoms with van der Waals surface area (Å²) in [5.74, 6) is 3.59. The molecule has 0 aromatic carbocycles. The van der Waals surface area contributed by atoms with Crippen LogP contribution in [-0.2, 0) is 0 Å². The van der Waals surface area contributed by atoms with Crippen LogP contribution in [-0.4, -0.2) is 56.6 Å². The van der Waals surface area contributed by atoms with E-state index in [9.17, 15) is 20.4 Å². The molecule has 0 spiro atoms. The van der Waals surface area contributed by atoms with Gasteiger partial charge in [-0.3, -0.25) is 0 Å². The molecule has 0 amide bonds. The topological polar surface area (TPSA) is 101 Å². The molecule has 3 fully saturated rings. The van der Waals surface area contributed by atoms with Gasteiger partial charge >= 0.3 is 0 Å². The number of rotatable bonds is 7. The van der Waals surface area contributed by atoms with E-state index >= 15 is 0 Å².